The SMILES string of the molecule is CCNCCS(=O)(=O)N1CCC2C(CCCN2C)C1. The lowest BCUT2D eigenvalue weighted by Gasteiger charge is -2.45. The van der Waals surface area contributed by atoms with Crippen molar-refractivity contribution in [1.82, 2.24) is 14.5 Å². The van der Waals surface area contributed by atoms with Crippen LogP contribution in [0.4, 0.5) is 0 Å². The minimum Gasteiger partial charge on any atom is -0.316 e. The van der Waals surface area contributed by atoms with Gasteiger partial charge in [-0.3, -0.25) is 0 Å². The summed E-state index contributed by atoms with van der Waals surface area (Å²) in [6.45, 7) is 5.96. The van der Waals surface area contributed by atoms with Crippen molar-refractivity contribution in [2.45, 2.75) is 32.2 Å². The third-order valence-electron chi connectivity index (χ3n) is 4.49. The first-order valence-electron chi connectivity index (χ1n) is 7.43. The van der Waals surface area contributed by atoms with Crippen molar-refractivity contribution in [3.63, 3.8) is 0 Å². The van der Waals surface area contributed by atoms with Gasteiger partial charge in [-0.05, 0) is 45.3 Å². The lowest BCUT2D eigenvalue weighted by Crippen LogP contribution is -2.54. The maximum Gasteiger partial charge on any atom is 0.215 e. The Labute approximate surface area is 117 Å². The lowest BCUT2D eigenvalue weighted by molar-refractivity contribution is 0.0671. The average molecular weight is 289 g/mol. The smallest absolute Gasteiger partial charge is 0.215 e. The Hall–Kier alpha value is -0.170. The van der Waals surface area contributed by atoms with Gasteiger partial charge in [0.2, 0.25) is 10.0 Å². The minimum absolute atomic E-state index is 0.230. The number of likely N-dealkylation sites (tertiary alicyclic amines) is 1. The second-order valence-electron chi connectivity index (χ2n) is 5.77. The summed E-state index contributed by atoms with van der Waals surface area (Å²) >= 11 is 0. The van der Waals surface area contributed by atoms with Crippen LogP contribution in [0.5, 0.6) is 0 Å². The van der Waals surface area contributed by atoms with Crippen LogP contribution in [-0.2, 0) is 10.0 Å². The van der Waals surface area contributed by atoms with Gasteiger partial charge in [0.05, 0.1) is 5.75 Å². The molecule has 2 heterocycles. The van der Waals surface area contributed by atoms with Crippen molar-refractivity contribution in [2.75, 3.05) is 45.5 Å². The van der Waals surface area contributed by atoms with Crippen molar-refractivity contribution < 1.29 is 8.42 Å². The molecule has 2 saturated heterocycles. The van der Waals surface area contributed by atoms with E-state index < -0.39 is 10.0 Å². The van der Waals surface area contributed by atoms with Crippen molar-refractivity contribution in [3.8, 4) is 0 Å². The zero-order valence-corrected chi connectivity index (χ0v) is 13.0. The number of piperidine rings is 2. The maximum absolute atomic E-state index is 12.3. The summed E-state index contributed by atoms with van der Waals surface area (Å²) in [5, 5.41) is 3.09. The molecule has 2 fully saturated rings. The van der Waals surface area contributed by atoms with Crippen LogP contribution in [0.1, 0.15) is 26.2 Å². The fourth-order valence-electron chi connectivity index (χ4n) is 3.38. The Morgan fingerprint density at radius 1 is 1.26 bits per heavy atom. The molecule has 2 aliphatic rings. The molecule has 0 aromatic heterocycles. The molecule has 6 heteroatoms. The van der Waals surface area contributed by atoms with Crippen molar-refractivity contribution >= 4 is 10.0 Å². The Morgan fingerprint density at radius 3 is 2.79 bits per heavy atom. The average Bonchev–Trinajstić information content (AvgIpc) is 2.39. The summed E-state index contributed by atoms with van der Waals surface area (Å²) in [5.74, 6) is 0.759. The number of sulfonamides is 1. The summed E-state index contributed by atoms with van der Waals surface area (Å²) in [6, 6.07) is 0.592. The van der Waals surface area contributed by atoms with Crippen LogP contribution in [0, 0.1) is 5.92 Å². The Kier molecular flexibility index (Phi) is 5.22. The first-order chi connectivity index (χ1) is 9.04. The fourth-order valence-corrected chi connectivity index (χ4v) is 4.84. The van der Waals surface area contributed by atoms with Gasteiger partial charge in [0, 0.05) is 25.7 Å². The van der Waals surface area contributed by atoms with Crippen LogP contribution in [0.2, 0.25) is 0 Å². The van der Waals surface area contributed by atoms with Gasteiger partial charge >= 0.3 is 0 Å². The molecule has 112 valence electrons. The predicted octanol–water partition coefficient (Wildman–Crippen LogP) is 0.342. The van der Waals surface area contributed by atoms with E-state index in [0.717, 1.165) is 26.1 Å². The number of nitrogens with one attached hydrogen (secondary N) is 1. The Bertz CT molecular complexity index is 385. The molecule has 0 amide bonds. The van der Waals surface area contributed by atoms with Gasteiger partial charge in [-0.15, -0.1) is 0 Å². The third-order valence-corrected chi connectivity index (χ3v) is 6.33. The summed E-state index contributed by atoms with van der Waals surface area (Å²) in [5.41, 5.74) is 0. The summed E-state index contributed by atoms with van der Waals surface area (Å²) in [7, 11) is -0.899. The molecular formula is C13H27N3O2S. The zero-order chi connectivity index (χ0) is 13.9. The standard InChI is InChI=1S/C13H27N3O2S/c1-3-14-7-10-19(17,18)16-9-6-13-12(11-16)5-4-8-15(13)2/h12-14H,3-11H2,1-2H3. The second kappa shape index (κ2) is 6.52. The number of hydrogen-bond acceptors (Lipinski definition) is 4. The van der Waals surface area contributed by atoms with E-state index in [2.05, 4.69) is 17.3 Å². The Morgan fingerprint density at radius 2 is 2.05 bits per heavy atom. The van der Waals surface area contributed by atoms with Crippen LogP contribution in [0.25, 0.3) is 0 Å². The van der Waals surface area contributed by atoms with Crippen LogP contribution in [0.15, 0.2) is 0 Å². The number of nitrogens with zero attached hydrogens (tertiary/aromatic N) is 2. The summed E-state index contributed by atoms with van der Waals surface area (Å²) in [4.78, 5) is 2.41. The quantitative estimate of drug-likeness (QED) is 0.742. The molecule has 0 saturated carbocycles. The molecular weight excluding hydrogens is 262 g/mol. The van der Waals surface area contributed by atoms with Crippen molar-refractivity contribution in [1.29, 1.82) is 0 Å². The van der Waals surface area contributed by atoms with E-state index in [1.807, 2.05) is 6.92 Å². The van der Waals surface area contributed by atoms with Crippen molar-refractivity contribution in [3.05, 3.63) is 0 Å². The van der Waals surface area contributed by atoms with E-state index in [-0.39, 0.29) is 5.75 Å². The van der Waals surface area contributed by atoms with Gasteiger partial charge in [-0.25, -0.2) is 12.7 Å². The molecule has 2 aliphatic heterocycles. The highest BCUT2D eigenvalue weighted by Crippen LogP contribution is 2.30. The number of fused-ring (bicyclic) bond motifs is 1. The van der Waals surface area contributed by atoms with Gasteiger partial charge in [0.15, 0.2) is 0 Å². The minimum atomic E-state index is -3.07. The van der Waals surface area contributed by atoms with E-state index >= 15 is 0 Å². The Balaban J connectivity index is 1.92. The molecule has 0 aromatic rings. The first-order valence-corrected chi connectivity index (χ1v) is 9.04. The van der Waals surface area contributed by atoms with E-state index in [9.17, 15) is 8.42 Å². The molecule has 0 aliphatic carbocycles. The highest BCUT2D eigenvalue weighted by molar-refractivity contribution is 7.89. The molecule has 19 heavy (non-hydrogen) atoms. The summed E-state index contributed by atoms with van der Waals surface area (Å²) in [6.07, 6.45) is 3.36. The highest BCUT2D eigenvalue weighted by atomic mass is 32.2. The zero-order valence-electron chi connectivity index (χ0n) is 12.1. The normalized spacial score (nSPS) is 30.2. The van der Waals surface area contributed by atoms with E-state index in [0.29, 0.717) is 25.0 Å². The largest absolute Gasteiger partial charge is 0.316 e. The van der Waals surface area contributed by atoms with Crippen LogP contribution < -0.4 is 5.32 Å². The van der Waals surface area contributed by atoms with Crippen LogP contribution in [-0.4, -0.2) is 69.2 Å². The molecule has 2 unspecified atom stereocenters. The maximum atomic E-state index is 12.3. The fraction of sp³-hybridized carbons (Fsp3) is 1.00. The summed E-state index contributed by atoms with van der Waals surface area (Å²) < 4.78 is 26.3. The van der Waals surface area contributed by atoms with Gasteiger partial charge in [-0.1, -0.05) is 6.92 Å². The molecule has 2 atom stereocenters. The van der Waals surface area contributed by atoms with E-state index in [4.69, 9.17) is 0 Å². The molecule has 0 spiro atoms. The molecule has 1 N–H and O–H groups in total. The number of rotatable bonds is 5. The number of hydrogen-bond donors (Lipinski definition) is 1. The molecule has 0 aromatic carbocycles. The van der Waals surface area contributed by atoms with Gasteiger partial charge < -0.3 is 10.2 Å². The van der Waals surface area contributed by atoms with Gasteiger partial charge in [0.1, 0.15) is 0 Å². The third kappa shape index (κ3) is 3.68. The molecule has 2 rings (SSSR count). The predicted molar refractivity (Wildman–Crippen MR) is 77.7 cm³/mol. The van der Waals surface area contributed by atoms with Crippen LogP contribution in [0.3, 0.4) is 0 Å². The monoisotopic (exact) mass is 289 g/mol. The second-order valence-corrected chi connectivity index (χ2v) is 7.85. The van der Waals surface area contributed by atoms with E-state index in [1.165, 1.54) is 12.8 Å². The highest BCUT2D eigenvalue weighted by Gasteiger charge is 2.37. The van der Waals surface area contributed by atoms with Crippen molar-refractivity contribution in [2.24, 2.45) is 5.92 Å². The molecule has 5 nitrogen and oxygen atoms in total. The molecule has 0 bridgehead atoms. The topological polar surface area (TPSA) is 52.7 Å². The lowest BCUT2D eigenvalue weighted by atomic mass is 9.85. The molecule has 0 radical (unpaired) electrons. The van der Waals surface area contributed by atoms with E-state index in [1.54, 1.807) is 4.31 Å². The van der Waals surface area contributed by atoms with Crippen LogP contribution >= 0.6 is 0 Å². The van der Waals surface area contributed by atoms with Gasteiger partial charge in [0.25, 0.3) is 0 Å². The first kappa shape index (κ1) is 15.2. The van der Waals surface area contributed by atoms with Gasteiger partial charge in [-0.2, -0.15) is 0 Å².